The fraction of sp³-hybridized carbons (Fsp3) is 0. The molecular weight excluding hydrogens is 157 g/mol. The number of aromatic nitrogens is 1. The summed E-state index contributed by atoms with van der Waals surface area (Å²) in [5.74, 6) is 0. The minimum absolute atomic E-state index is 0.357. The van der Waals surface area contributed by atoms with Gasteiger partial charge in [0.25, 0.3) is 0 Å². The predicted octanol–water partition coefficient (Wildman–Crippen LogP) is -0.0489. The van der Waals surface area contributed by atoms with Crippen LogP contribution >= 0.6 is 0 Å². The van der Waals surface area contributed by atoms with Crippen LogP contribution in [0.25, 0.3) is 0 Å². The molecule has 0 radical (unpaired) electrons. The van der Waals surface area contributed by atoms with Crippen molar-refractivity contribution in [3.05, 3.63) is 15.7 Å². The van der Waals surface area contributed by atoms with Crippen molar-refractivity contribution in [1.29, 1.82) is 0 Å². The van der Waals surface area contributed by atoms with E-state index in [1.54, 1.807) is 5.07 Å². The molecule has 0 aliphatic carbocycles. The third-order valence-electron chi connectivity index (χ3n) is 0.572. The van der Waals surface area contributed by atoms with Crippen molar-refractivity contribution in [3.63, 3.8) is 0 Å². The van der Waals surface area contributed by atoms with Crippen LogP contribution < -0.4 is 0 Å². The normalized spacial score (nSPS) is 8.57. The maximum atomic E-state index is 9.84. The molecule has 0 aliphatic rings. The van der Waals surface area contributed by atoms with Crippen LogP contribution in [0.4, 0.5) is 0 Å². The Morgan fingerprint density at radius 2 is 2.71 bits per heavy atom. The van der Waals surface area contributed by atoms with Crippen LogP contribution in [-0.2, 0) is 0 Å². The van der Waals surface area contributed by atoms with Crippen LogP contribution in [0.15, 0.2) is 10.0 Å². The molecule has 0 unspecified atom stereocenters. The van der Waals surface area contributed by atoms with E-state index in [0.29, 0.717) is 20.2 Å². The molecule has 0 N–H and O–H groups in total. The first kappa shape index (κ1) is 4.75. The zero-order chi connectivity index (χ0) is 5.11. The molecule has 0 spiro atoms. The van der Waals surface area contributed by atoms with Gasteiger partial charge < -0.3 is 0 Å². The van der Waals surface area contributed by atoms with E-state index in [2.05, 4.69) is 4.98 Å². The Balaban J connectivity index is 2.96. The summed E-state index contributed by atoms with van der Waals surface area (Å²) < 4.78 is 0. The van der Waals surface area contributed by atoms with Gasteiger partial charge in [-0.1, -0.05) is 0 Å². The number of nitrogens with zero attached hydrogens (tertiary/aromatic N) is 1. The summed E-state index contributed by atoms with van der Waals surface area (Å²) in [6.07, 6.45) is 0.769. The van der Waals surface area contributed by atoms with Gasteiger partial charge in [-0.25, -0.2) is 0 Å². The molecule has 0 saturated heterocycles. The Bertz CT molecular complexity index is 147. The van der Waals surface area contributed by atoms with Gasteiger partial charge in [-0.2, -0.15) is 0 Å². The van der Waals surface area contributed by atoms with Gasteiger partial charge >= 0.3 is 46.3 Å². The zero-order valence-electron chi connectivity index (χ0n) is 3.50. The van der Waals surface area contributed by atoms with E-state index in [-0.39, 0.29) is 0 Å². The second-order valence-electron chi connectivity index (χ2n) is 1.03. The number of hydrogen-bond donors (Lipinski definition) is 0. The monoisotopic (exact) mass is 161 g/mol. The summed E-state index contributed by atoms with van der Waals surface area (Å²) >= 11 is 0.357. The summed E-state index contributed by atoms with van der Waals surface area (Å²) in [5, 5.41) is 1.77. The van der Waals surface area contributed by atoms with Crippen molar-refractivity contribution < 1.29 is 4.79 Å². The van der Waals surface area contributed by atoms with Crippen LogP contribution in [0.1, 0.15) is 10.5 Å². The van der Waals surface area contributed by atoms with E-state index in [1.165, 1.54) is 0 Å². The zero-order valence-corrected chi connectivity index (χ0v) is 5.21. The second-order valence-corrected chi connectivity index (χ2v) is 2.54. The van der Waals surface area contributed by atoms with Gasteiger partial charge in [0.1, 0.15) is 0 Å². The molecule has 0 atom stereocenters. The van der Waals surface area contributed by atoms with Gasteiger partial charge in [0.15, 0.2) is 0 Å². The van der Waals surface area contributed by atoms with Crippen molar-refractivity contribution in [1.82, 2.24) is 4.98 Å². The van der Waals surface area contributed by atoms with Crippen LogP contribution in [0.5, 0.6) is 0 Å². The summed E-state index contributed by atoms with van der Waals surface area (Å²) in [5.41, 5.74) is 0.583. The van der Waals surface area contributed by atoms with Crippen molar-refractivity contribution >= 4 is 20.8 Å². The van der Waals surface area contributed by atoms with E-state index in [1.807, 2.05) is 4.94 Å². The molecule has 0 amide bonds. The number of rotatable bonds is 1. The molecule has 0 fully saturated rings. The number of carbonyl (C=O) groups excluding carboxylic acids is 1. The van der Waals surface area contributed by atoms with E-state index < -0.39 is 0 Å². The van der Waals surface area contributed by atoms with E-state index >= 15 is 0 Å². The first-order chi connectivity index (χ1) is 3.43. The predicted molar refractivity (Wildman–Crippen MR) is 26.6 cm³/mol. The van der Waals surface area contributed by atoms with Crippen LogP contribution in [0.2, 0.25) is 0 Å². The molecule has 0 aliphatic heterocycles. The first-order valence-electron chi connectivity index (χ1n) is 1.77. The Hall–Kier alpha value is -0.401. The average molecular weight is 160 g/mol. The number of hydrogen-bond acceptors (Lipinski definition) is 2. The molecule has 2 nitrogen and oxygen atoms in total. The van der Waals surface area contributed by atoms with Crippen molar-refractivity contribution in [2.75, 3.05) is 0 Å². The van der Waals surface area contributed by atoms with Crippen molar-refractivity contribution in [3.8, 4) is 0 Å². The van der Waals surface area contributed by atoms with Gasteiger partial charge in [0.2, 0.25) is 0 Å². The van der Waals surface area contributed by atoms with Crippen LogP contribution in [-0.4, -0.2) is 25.8 Å². The maximum absolute atomic E-state index is 9.84. The molecule has 1 aromatic heterocycles. The fourth-order valence-corrected chi connectivity index (χ4v) is 1.33. The van der Waals surface area contributed by atoms with E-state index in [4.69, 9.17) is 0 Å². The molecule has 1 heterocycles. The molecule has 36 valence electrons. The van der Waals surface area contributed by atoms with Crippen molar-refractivity contribution in [2.24, 2.45) is 0 Å². The molecule has 3 heteroatoms. The summed E-state index contributed by atoms with van der Waals surface area (Å²) in [6.45, 7) is 0. The topological polar surface area (TPSA) is 30.0 Å². The van der Waals surface area contributed by atoms with Gasteiger partial charge in [-0.15, -0.1) is 0 Å². The first-order valence-corrected chi connectivity index (χ1v) is 3.74. The molecule has 1 aromatic rings. The van der Waals surface area contributed by atoms with Gasteiger partial charge in [-0.3, -0.25) is 0 Å². The summed E-state index contributed by atoms with van der Waals surface area (Å²) in [6, 6.07) is 0. The number of aldehydes is 1. The molecule has 0 saturated carbocycles. The molecule has 7 heavy (non-hydrogen) atoms. The van der Waals surface area contributed by atoms with E-state index in [0.717, 1.165) is 6.29 Å². The third kappa shape index (κ3) is 0.981. The number of carbonyl (C=O) groups is 1. The van der Waals surface area contributed by atoms with Crippen LogP contribution in [0, 0.1) is 0 Å². The molecule has 0 bridgehead atoms. The minimum atomic E-state index is 0.357. The second kappa shape index (κ2) is 2.05. The Morgan fingerprint density at radius 3 is 3.00 bits per heavy atom. The summed E-state index contributed by atoms with van der Waals surface area (Å²) in [7, 11) is 0. The summed E-state index contributed by atoms with van der Waals surface area (Å²) in [4.78, 5) is 15.4. The fourth-order valence-electron chi connectivity index (χ4n) is 0.280. The third-order valence-corrected chi connectivity index (χ3v) is 1.84. The van der Waals surface area contributed by atoms with E-state index in [9.17, 15) is 4.79 Å². The van der Waals surface area contributed by atoms with Gasteiger partial charge in [0.05, 0.1) is 0 Å². The van der Waals surface area contributed by atoms with Gasteiger partial charge in [-0.05, 0) is 0 Å². The van der Waals surface area contributed by atoms with Crippen molar-refractivity contribution in [2.45, 2.75) is 0 Å². The Kier molecular flexibility index (Phi) is 1.39. The van der Waals surface area contributed by atoms with Crippen LogP contribution in [0.3, 0.4) is 0 Å². The SMILES string of the molecule is O=Cc1c[se]cn1. The molecule has 0 aromatic carbocycles. The standard InChI is InChI=1S/C4H3NOSe/c6-1-4-2-7-3-5-4/h1-3H. The average Bonchev–Trinajstić information content (AvgIpc) is 2.14. The Labute approximate surface area is 46.9 Å². The Morgan fingerprint density at radius 1 is 1.86 bits per heavy atom. The van der Waals surface area contributed by atoms with Gasteiger partial charge in [0, 0.05) is 0 Å². The quantitative estimate of drug-likeness (QED) is 0.426. The molecule has 1 rings (SSSR count). The molecular formula is C4H3NOSe.